The summed E-state index contributed by atoms with van der Waals surface area (Å²) in [6, 6.07) is 16.7. The van der Waals surface area contributed by atoms with Crippen LogP contribution in [0.2, 0.25) is 0 Å². The molecule has 0 radical (unpaired) electrons. The third kappa shape index (κ3) is 6.05. The summed E-state index contributed by atoms with van der Waals surface area (Å²) in [5.74, 6) is 0. The zero-order chi connectivity index (χ0) is 22.3. The van der Waals surface area contributed by atoms with E-state index in [1.165, 1.54) is 5.56 Å². The second-order valence-corrected chi connectivity index (χ2v) is 9.32. The van der Waals surface area contributed by atoms with Gasteiger partial charge in [0.05, 0.1) is 35.9 Å². The van der Waals surface area contributed by atoms with Crippen LogP contribution in [-0.2, 0) is 25.5 Å². The Morgan fingerprint density at radius 3 is 2.65 bits per heavy atom. The number of nitrogens with one attached hydrogen (secondary N) is 1. The minimum absolute atomic E-state index is 0.0905. The molecule has 2 aromatic rings. The van der Waals surface area contributed by atoms with Gasteiger partial charge in [0.25, 0.3) is 10.1 Å². The van der Waals surface area contributed by atoms with E-state index in [9.17, 15) is 13.7 Å². The number of nitriles is 1. The number of anilines is 1. The molecule has 0 fully saturated rings. The van der Waals surface area contributed by atoms with Crippen LogP contribution in [0.1, 0.15) is 30.4 Å². The van der Waals surface area contributed by atoms with E-state index in [1.54, 1.807) is 31.4 Å². The number of fused-ring (bicyclic) bond motifs is 1. The third-order valence-corrected chi connectivity index (χ3v) is 6.64. The maximum absolute atomic E-state index is 12.2. The lowest BCUT2D eigenvalue weighted by molar-refractivity contribution is 0.174. The van der Waals surface area contributed by atoms with Gasteiger partial charge in [-0.05, 0) is 56.4 Å². The van der Waals surface area contributed by atoms with Gasteiger partial charge in [-0.3, -0.25) is 4.18 Å². The zero-order valence-electron chi connectivity index (χ0n) is 18.0. The predicted octanol–water partition coefficient (Wildman–Crippen LogP) is 3.35. The topological polar surface area (TPSA) is 91.7 Å². The first-order chi connectivity index (χ1) is 14.9. The summed E-state index contributed by atoms with van der Waals surface area (Å²) < 4.78 is 35.0. The van der Waals surface area contributed by atoms with Crippen LogP contribution in [0.3, 0.4) is 0 Å². The highest BCUT2D eigenvalue weighted by Gasteiger charge is 2.30. The fraction of sp³-hybridized carbons (Fsp3) is 0.435. The van der Waals surface area contributed by atoms with Crippen molar-refractivity contribution in [2.75, 3.05) is 25.3 Å². The van der Waals surface area contributed by atoms with Gasteiger partial charge in [-0.15, -0.1) is 0 Å². The lowest BCUT2D eigenvalue weighted by Crippen LogP contribution is -2.50. The van der Waals surface area contributed by atoms with Crippen molar-refractivity contribution in [1.29, 1.82) is 5.26 Å². The molecule has 1 N–H and O–H groups in total. The summed E-state index contributed by atoms with van der Waals surface area (Å²) in [6.45, 7) is 2.55. The van der Waals surface area contributed by atoms with Gasteiger partial charge in [0, 0.05) is 7.11 Å². The fourth-order valence-electron chi connectivity index (χ4n) is 3.68. The van der Waals surface area contributed by atoms with E-state index in [0.29, 0.717) is 25.9 Å². The zero-order valence-corrected chi connectivity index (χ0v) is 18.8. The van der Waals surface area contributed by atoms with Crippen molar-refractivity contribution < 1.29 is 17.3 Å². The van der Waals surface area contributed by atoms with E-state index in [0.717, 1.165) is 17.7 Å². The minimum Gasteiger partial charge on any atom is -0.382 e. The average Bonchev–Trinajstić information content (AvgIpc) is 3.10. The highest BCUT2D eigenvalue weighted by Crippen LogP contribution is 2.30. The number of ether oxygens (including phenoxy) is 1. The molecule has 8 heteroatoms. The molecular weight excluding hydrogens is 414 g/mol. The van der Waals surface area contributed by atoms with Crippen molar-refractivity contribution in [2.24, 2.45) is 0 Å². The quantitative estimate of drug-likeness (QED) is 0.421. The van der Waals surface area contributed by atoms with Gasteiger partial charge in [0.15, 0.2) is 0 Å². The van der Waals surface area contributed by atoms with Gasteiger partial charge in [-0.1, -0.05) is 35.9 Å². The molecule has 0 amide bonds. The Kier molecular flexibility index (Phi) is 8.04. The average molecular weight is 444 g/mol. The normalized spacial score (nSPS) is 16.7. The number of unbranched alkanes of at least 4 members (excludes halogenated alkanes) is 1. The fourth-order valence-corrected chi connectivity index (χ4v) is 4.62. The van der Waals surface area contributed by atoms with Crippen LogP contribution >= 0.6 is 0 Å². The molecule has 0 saturated carbocycles. The van der Waals surface area contributed by atoms with Crippen LogP contribution in [0.25, 0.3) is 0 Å². The monoisotopic (exact) mass is 443 g/mol. The van der Waals surface area contributed by atoms with Crippen molar-refractivity contribution in [3.05, 3.63) is 59.7 Å². The SMILES string of the molecule is COC[C@@H]1Cc2ccccc2N1N[C@@H](C#N)CCCCOS(=O)(=O)c1ccc(C)cc1. The molecule has 0 unspecified atom stereocenters. The minimum atomic E-state index is -3.75. The van der Waals surface area contributed by atoms with Crippen molar-refractivity contribution >= 4 is 15.8 Å². The molecule has 2 atom stereocenters. The summed E-state index contributed by atoms with van der Waals surface area (Å²) in [6.07, 6.45) is 2.66. The molecule has 166 valence electrons. The van der Waals surface area contributed by atoms with Gasteiger partial charge in [-0.2, -0.15) is 13.7 Å². The summed E-state index contributed by atoms with van der Waals surface area (Å²) in [5.41, 5.74) is 6.61. The first-order valence-electron chi connectivity index (χ1n) is 10.4. The van der Waals surface area contributed by atoms with Crippen LogP contribution in [0.15, 0.2) is 53.4 Å². The molecule has 2 aromatic carbocycles. The second kappa shape index (κ2) is 10.7. The molecule has 3 rings (SSSR count). The van der Waals surface area contributed by atoms with Crippen molar-refractivity contribution in [3.63, 3.8) is 0 Å². The Bertz CT molecular complexity index is 1000. The first-order valence-corrected chi connectivity index (χ1v) is 11.8. The summed E-state index contributed by atoms with van der Waals surface area (Å²) in [7, 11) is -2.08. The van der Waals surface area contributed by atoms with E-state index in [-0.39, 0.29) is 23.6 Å². The number of para-hydroxylation sites is 1. The maximum atomic E-state index is 12.2. The Balaban J connectivity index is 1.48. The number of hydrogen-bond donors (Lipinski definition) is 1. The smallest absolute Gasteiger partial charge is 0.296 e. The number of rotatable bonds is 11. The molecule has 0 bridgehead atoms. The van der Waals surface area contributed by atoms with E-state index >= 15 is 0 Å². The van der Waals surface area contributed by atoms with Crippen molar-refractivity contribution in [2.45, 2.75) is 49.6 Å². The van der Waals surface area contributed by atoms with Crippen LogP contribution in [0.4, 0.5) is 5.69 Å². The summed E-state index contributed by atoms with van der Waals surface area (Å²) in [5, 5.41) is 11.6. The summed E-state index contributed by atoms with van der Waals surface area (Å²) >= 11 is 0. The maximum Gasteiger partial charge on any atom is 0.296 e. The Labute approximate surface area is 184 Å². The second-order valence-electron chi connectivity index (χ2n) is 7.71. The Morgan fingerprint density at radius 2 is 1.94 bits per heavy atom. The largest absolute Gasteiger partial charge is 0.382 e. The van der Waals surface area contributed by atoms with E-state index in [1.807, 2.05) is 30.1 Å². The highest BCUT2D eigenvalue weighted by molar-refractivity contribution is 7.86. The summed E-state index contributed by atoms with van der Waals surface area (Å²) in [4.78, 5) is 0.159. The van der Waals surface area contributed by atoms with Gasteiger partial charge in [0.2, 0.25) is 0 Å². The predicted molar refractivity (Wildman–Crippen MR) is 119 cm³/mol. The number of nitrogens with zero attached hydrogens (tertiary/aromatic N) is 2. The first kappa shape index (κ1) is 23.2. The van der Waals surface area contributed by atoms with Gasteiger partial charge in [0.1, 0.15) is 6.04 Å². The van der Waals surface area contributed by atoms with Gasteiger partial charge in [-0.25, -0.2) is 5.43 Å². The lowest BCUT2D eigenvalue weighted by atomic mass is 10.1. The van der Waals surface area contributed by atoms with Crippen LogP contribution < -0.4 is 10.4 Å². The number of hydrogen-bond acceptors (Lipinski definition) is 7. The molecular formula is C23H29N3O4S. The van der Waals surface area contributed by atoms with E-state index in [2.05, 4.69) is 17.6 Å². The Hall–Kier alpha value is -2.44. The molecule has 7 nitrogen and oxygen atoms in total. The molecule has 1 aliphatic rings. The lowest BCUT2D eigenvalue weighted by Gasteiger charge is -2.30. The molecule has 31 heavy (non-hydrogen) atoms. The van der Waals surface area contributed by atoms with Gasteiger partial charge >= 0.3 is 0 Å². The van der Waals surface area contributed by atoms with Crippen molar-refractivity contribution in [1.82, 2.24) is 5.43 Å². The number of aryl methyl sites for hydroxylation is 1. The molecule has 0 saturated heterocycles. The Morgan fingerprint density at radius 1 is 1.19 bits per heavy atom. The highest BCUT2D eigenvalue weighted by atomic mass is 32.2. The molecule has 0 aromatic heterocycles. The molecule has 1 heterocycles. The van der Waals surface area contributed by atoms with Crippen LogP contribution in [-0.4, -0.2) is 40.8 Å². The number of benzene rings is 2. The van der Waals surface area contributed by atoms with Crippen molar-refractivity contribution in [3.8, 4) is 6.07 Å². The number of methoxy groups -OCH3 is 1. The van der Waals surface area contributed by atoms with Gasteiger partial charge < -0.3 is 9.75 Å². The standard InChI is InChI=1S/C23H29N3O4S/c1-18-10-12-22(13-11-18)31(27,28)30-14-6-5-8-20(16-24)25-26-21(17-29-2)15-19-7-3-4-9-23(19)26/h3-4,7,9-13,20-21,25H,5-6,8,14-15,17H2,1-2H3/t20-,21+/m1/s1. The van der Waals surface area contributed by atoms with E-state index < -0.39 is 10.1 Å². The van der Waals surface area contributed by atoms with Crippen LogP contribution in [0, 0.1) is 18.3 Å². The number of hydrazine groups is 1. The molecule has 1 aliphatic heterocycles. The van der Waals surface area contributed by atoms with Crippen LogP contribution in [0.5, 0.6) is 0 Å². The third-order valence-electron chi connectivity index (χ3n) is 5.32. The van der Waals surface area contributed by atoms with E-state index in [4.69, 9.17) is 8.92 Å². The molecule has 0 spiro atoms. The molecule has 0 aliphatic carbocycles.